The summed E-state index contributed by atoms with van der Waals surface area (Å²) in [7, 11) is 0. The van der Waals surface area contributed by atoms with Crippen LogP contribution in [0, 0.1) is 27.7 Å². The molecule has 0 aromatic heterocycles. The third-order valence-electron chi connectivity index (χ3n) is 4.35. The lowest BCUT2D eigenvalue weighted by molar-refractivity contribution is -0.119. The zero-order valence-electron chi connectivity index (χ0n) is 15.3. The van der Waals surface area contributed by atoms with Gasteiger partial charge in [-0.05, 0) is 62.4 Å². The standard InChI is InChI=1S/C21H27NOS/c1-14-6-8-19(9-7-14)12-24-13-21(23)22-18(5)20-11-16(3)15(2)10-17(20)4/h6-11,18H,12-13H2,1-5H3,(H,22,23). The van der Waals surface area contributed by atoms with E-state index in [0.717, 1.165) is 5.75 Å². The summed E-state index contributed by atoms with van der Waals surface area (Å²) in [5.74, 6) is 1.45. The molecule has 0 saturated heterocycles. The fourth-order valence-electron chi connectivity index (χ4n) is 2.76. The van der Waals surface area contributed by atoms with E-state index in [1.54, 1.807) is 11.8 Å². The molecule has 2 aromatic carbocycles. The summed E-state index contributed by atoms with van der Waals surface area (Å²) in [4.78, 5) is 12.2. The van der Waals surface area contributed by atoms with E-state index in [1.807, 2.05) is 0 Å². The van der Waals surface area contributed by atoms with Crippen LogP contribution in [0.1, 0.15) is 46.3 Å². The Labute approximate surface area is 150 Å². The van der Waals surface area contributed by atoms with Crippen molar-refractivity contribution in [1.82, 2.24) is 5.32 Å². The Morgan fingerprint density at radius 1 is 1.00 bits per heavy atom. The largest absolute Gasteiger partial charge is 0.349 e. The van der Waals surface area contributed by atoms with Gasteiger partial charge in [0, 0.05) is 5.75 Å². The summed E-state index contributed by atoms with van der Waals surface area (Å²) in [6, 6.07) is 12.9. The van der Waals surface area contributed by atoms with Gasteiger partial charge in [0.1, 0.15) is 0 Å². The highest BCUT2D eigenvalue weighted by Gasteiger charge is 2.13. The monoisotopic (exact) mass is 341 g/mol. The topological polar surface area (TPSA) is 29.1 Å². The number of aryl methyl sites for hydroxylation is 4. The Balaban J connectivity index is 1.85. The highest BCUT2D eigenvalue weighted by Crippen LogP contribution is 2.22. The molecule has 0 aliphatic carbocycles. The molecule has 1 atom stereocenters. The van der Waals surface area contributed by atoms with Gasteiger partial charge in [-0.1, -0.05) is 42.0 Å². The third kappa shape index (κ3) is 5.13. The number of benzene rings is 2. The minimum absolute atomic E-state index is 0.0387. The second-order valence-corrected chi connectivity index (χ2v) is 7.55. The van der Waals surface area contributed by atoms with Crippen LogP contribution in [0.3, 0.4) is 0 Å². The predicted molar refractivity (Wildman–Crippen MR) is 105 cm³/mol. The van der Waals surface area contributed by atoms with Gasteiger partial charge >= 0.3 is 0 Å². The van der Waals surface area contributed by atoms with Crippen LogP contribution in [-0.2, 0) is 10.5 Å². The van der Waals surface area contributed by atoms with E-state index in [4.69, 9.17) is 0 Å². The van der Waals surface area contributed by atoms with Crippen LogP contribution in [0.2, 0.25) is 0 Å². The van der Waals surface area contributed by atoms with E-state index in [9.17, 15) is 4.79 Å². The fourth-order valence-corrected chi connectivity index (χ4v) is 3.56. The molecule has 0 bridgehead atoms. The van der Waals surface area contributed by atoms with Crippen LogP contribution in [0.4, 0.5) is 0 Å². The molecule has 1 unspecified atom stereocenters. The predicted octanol–water partition coefficient (Wildman–Crippen LogP) is 5.03. The Morgan fingerprint density at radius 2 is 1.62 bits per heavy atom. The molecule has 0 aliphatic heterocycles. The minimum atomic E-state index is 0.0387. The van der Waals surface area contributed by atoms with Crippen molar-refractivity contribution in [3.63, 3.8) is 0 Å². The second kappa shape index (κ2) is 8.39. The van der Waals surface area contributed by atoms with Gasteiger partial charge in [-0.15, -0.1) is 11.8 Å². The molecule has 128 valence electrons. The van der Waals surface area contributed by atoms with Gasteiger partial charge in [0.25, 0.3) is 0 Å². The lowest BCUT2D eigenvalue weighted by atomic mass is 9.96. The van der Waals surface area contributed by atoms with Gasteiger partial charge in [-0.3, -0.25) is 4.79 Å². The first kappa shape index (κ1) is 18.6. The van der Waals surface area contributed by atoms with E-state index < -0.39 is 0 Å². The number of nitrogens with one attached hydrogen (secondary N) is 1. The van der Waals surface area contributed by atoms with Gasteiger partial charge < -0.3 is 5.32 Å². The van der Waals surface area contributed by atoms with E-state index >= 15 is 0 Å². The quantitative estimate of drug-likeness (QED) is 0.798. The smallest absolute Gasteiger partial charge is 0.230 e. The van der Waals surface area contributed by atoms with Crippen LogP contribution in [-0.4, -0.2) is 11.7 Å². The number of carbonyl (C=O) groups is 1. The van der Waals surface area contributed by atoms with Gasteiger partial charge in [0.15, 0.2) is 0 Å². The van der Waals surface area contributed by atoms with Crippen LogP contribution < -0.4 is 5.32 Å². The van der Waals surface area contributed by atoms with E-state index in [1.165, 1.54) is 33.4 Å². The first-order valence-corrected chi connectivity index (χ1v) is 9.52. The Bertz CT molecular complexity index is 707. The van der Waals surface area contributed by atoms with Crippen LogP contribution in [0.5, 0.6) is 0 Å². The zero-order valence-corrected chi connectivity index (χ0v) is 16.1. The normalized spacial score (nSPS) is 12.0. The van der Waals surface area contributed by atoms with Crippen LogP contribution >= 0.6 is 11.8 Å². The molecule has 0 heterocycles. The van der Waals surface area contributed by atoms with Crippen molar-refractivity contribution in [2.24, 2.45) is 0 Å². The Hall–Kier alpha value is -1.74. The first-order valence-electron chi connectivity index (χ1n) is 8.37. The van der Waals surface area contributed by atoms with E-state index in [2.05, 4.69) is 76.3 Å². The molecule has 2 nitrogen and oxygen atoms in total. The van der Waals surface area contributed by atoms with Crippen molar-refractivity contribution in [1.29, 1.82) is 0 Å². The highest BCUT2D eigenvalue weighted by atomic mass is 32.2. The number of hydrogen-bond acceptors (Lipinski definition) is 2. The Morgan fingerprint density at radius 3 is 2.29 bits per heavy atom. The summed E-state index contributed by atoms with van der Waals surface area (Å²) in [5.41, 5.74) is 7.53. The Kier molecular flexibility index (Phi) is 6.50. The molecule has 2 rings (SSSR count). The number of carbonyl (C=O) groups excluding carboxylic acids is 1. The lowest BCUT2D eigenvalue weighted by Crippen LogP contribution is -2.28. The van der Waals surface area contributed by atoms with Crippen molar-refractivity contribution in [3.8, 4) is 0 Å². The molecule has 3 heteroatoms. The first-order chi connectivity index (χ1) is 11.4. The zero-order chi connectivity index (χ0) is 17.7. The molecule has 0 aliphatic rings. The van der Waals surface area contributed by atoms with Crippen molar-refractivity contribution < 1.29 is 4.79 Å². The maximum absolute atomic E-state index is 12.2. The molecule has 0 spiro atoms. The van der Waals surface area contributed by atoms with Crippen molar-refractivity contribution >= 4 is 17.7 Å². The third-order valence-corrected chi connectivity index (χ3v) is 5.35. The van der Waals surface area contributed by atoms with Crippen molar-refractivity contribution in [3.05, 3.63) is 69.8 Å². The summed E-state index contributed by atoms with van der Waals surface area (Å²) < 4.78 is 0. The summed E-state index contributed by atoms with van der Waals surface area (Å²) in [6.07, 6.45) is 0. The lowest BCUT2D eigenvalue weighted by Gasteiger charge is -2.18. The summed E-state index contributed by atoms with van der Waals surface area (Å²) in [5, 5.41) is 3.12. The summed E-state index contributed by atoms with van der Waals surface area (Å²) >= 11 is 1.66. The van der Waals surface area contributed by atoms with Gasteiger partial charge in [-0.2, -0.15) is 0 Å². The van der Waals surface area contributed by atoms with Gasteiger partial charge in [-0.25, -0.2) is 0 Å². The second-order valence-electron chi connectivity index (χ2n) is 6.56. The maximum atomic E-state index is 12.2. The molecule has 2 aromatic rings. The molecule has 1 amide bonds. The molecule has 0 saturated carbocycles. The highest BCUT2D eigenvalue weighted by molar-refractivity contribution is 7.99. The van der Waals surface area contributed by atoms with Crippen molar-refractivity contribution in [2.75, 3.05) is 5.75 Å². The molecule has 1 N–H and O–H groups in total. The number of thioether (sulfide) groups is 1. The minimum Gasteiger partial charge on any atom is -0.349 e. The molecule has 0 radical (unpaired) electrons. The number of rotatable bonds is 6. The van der Waals surface area contributed by atoms with Gasteiger partial charge in [0.05, 0.1) is 11.8 Å². The van der Waals surface area contributed by atoms with E-state index in [-0.39, 0.29) is 11.9 Å². The molecule has 0 fully saturated rings. The molecular weight excluding hydrogens is 314 g/mol. The number of hydrogen-bond donors (Lipinski definition) is 1. The SMILES string of the molecule is Cc1ccc(CSCC(=O)NC(C)c2cc(C)c(C)cc2C)cc1. The van der Waals surface area contributed by atoms with Crippen LogP contribution in [0.25, 0.3) is 0 Å². The van der Waals surface area contributed by atoms with Crippen LogP contribution in [0.15, 0.2) is 36.4 Å². The van der Waals surface area contributed by atoms with E-state index in [0.29, 0.717) is 5.75 Å². The van der Waals surface area contributed by atoms with Gasteiger partial charge in [0.2, 0.25) is 5.91 Å². The average Bonchev–Trinajstić information content (AvgIpc) is 2.52. The molecule has 24 heavy (non-hydrogen) atoms. The molecular formula is C21H27NOS. The summed E-state index contributed by atoms with van der Waals surface area (Å²) in [6.45, 7) is 10.5. The average molecular weight is 342 g/mol. The maximum Gasteiger partial charge on any atom is 0.230 e. The number of amides is 1. The van der Waals surface area contributed by atoms with Crippen molar-refractivity contribution in [2.45, 2.75) is 46.4 Å². The fraction of sp³-hybridized carbons (Fsp3) is 0.381.